The first kappa shape index (κ1) is 23.4. The van der Waals surface area contributed by atoms with Gasteiger partial charge in [0, 0.05) is 19.6 Å². The highest BCUT2D eigenvalue weighted by atomic mass is 19.4. The molecule has 7 heteroatoms. The number of rotatable bonds is 8. The Morgan fingerprint density at radius 2 is 1.91 bits per heavy atom. The van der Waals surface area contributed by atoms with Gasteiger partial charge in [0.1, 0.15) is 5.75 Å². The van der Waals surface area contributed by atoms with Crippen LogP contribution < -0.4 is 4.74 Å². The topological polar surface area (TPSA) is 49.8 Å². The van der Waals surface area contributed by atoms with Crippen LogP contribution >= 0.6 is 0 Å². The van der Waals surface area contributed by atoms with Crippen LogP contribution in [-0.4, -0.2) is 42.2 Å². The Morgan fingerprint density at radius 3 is 2.64 bits per heavy atom. The number of carbonyl (C=O) groups is 1. The van der Waals surface area contributed by atoms with Crippen LogP contribution in [0.15, 0.2) is 48.0 Å². The van der Waals surface area contributed by atoms with Gasteiger partial charge in [0.25, 0.3) is 0 Å². The molecule has 4 rings (SSSR count). The number of likely N-dealkylation sites (tertiary alicyclic amines) is 1. The smallest absolute Gasteiger partial charge is 0.416 e. The summed E-state index contributed by atoms with van der Waals surface area (Å²) in [6, 6.07) is 11.7. The number of carboxylic acids is 1. The van der Waals surface area contributed by atoms with Crippen LogP contribution in [0.3, 0.4) is 0 Å². The van der Waals surface area contributed by atoms with E-state index in [4.69, 9.17) is 9.84 Å². The highest BCUT2D eigenvalue weighted by Crippen LogP contribution is 2.35. The molecule has 4 nitrogen and oxygen atoms in total. The third kappa shape index (κ3) is 5.41. The van der Waals surface area contributed by atoms with Crippen molar-refractivity contribution < 1.29 is 27.8 Å². The third-order valence-corrected chi connectivity index (χ3v) is 6.61. The molecule has 1 aliphatic heterocycles. The summed E-state index contributed by atoms with van der Waals surface area (Å²) in [5.41, 5.74) is 4.72. The lowest BCUT2D eigenvalue weighted by Crippen LogP contribution is -2.50. The maximum absolute atomic E-state index is 13.1. The molecule has 0 saturated carbocycles. The average molecular weight is 460 g/mol. The number of hydrogen-bond donors (Lipinski definition) is 1. The maximum atomic E-state index is 13.1. The predicted octanol–water partition coefficient (Wildman–Crippen LogP) is 5.45. The minimum absolute atomic E-state index is 0.247. The van der Waals surface area contributed by atoms with E-state index >= 15 is 0 Å². The average Bonchev–Trinajstić information content (AvgIpc) is 2.74. The number of carboxylic acid groups (broad SMARTS) is 1. The normalized spacial score (nSPS) is 17.0. The Bertz CT molecular complexity index is 1050. The summed E-state index contributed by atoms with van der Waals surface area (Å²) in [5.74, 6) is -0.229. The van der Waals surface area contributed by atoms with Gasteiger partial charge in [-0.1, -0.05) is 29.8 Å². The summed E-state index contributed by atoms with van der Waals surface area (Å²) in [6.45, 7) is 4.50. The van der Waals surface area contributed by atoms with Crippen molar-refractivity contribution in [1.82, 2.24) is 4.90 Å². The molecule has 0 atom stereocenters. The molecule has 1 fully saturated rings. The molecular formula is C26H28F3NO3. The lowest BCUT2D eigenvalue weighted by molar-refractivity contribution is -0.147. The van der Waals surface area contributed by atoms with Crippen molar-refractivity contribution in [2.24, 2.45) is 5.92 Å². The minimum atomic E-state index is -4.34. The molecule has 0 bridgehead atoms. The molecule has 2 aromatic rings. The second kappa shape index (κ2) is 9.59. The second-order valence-corrected chi connectivity index (χ2v) is 8.88. The van der Waals surface area contributed by atoms with Gasteiger partial charge in [-0.15, -0.1) is 0 Å². The fourth-order valence-electron chi connectivity index (χ4n) is 4.69. The SMILES string of the molecule is CC1=C(CN2CC(C(=O)O)C2)CCc2cc(OCCCc3ccccc3C(F)(F)F)ccc21. The Morgan fingerprint density at radius 1 is 1.15 bits per heavy atom. The maximum Gasteiger partial charge on any atom is 0.416 e. The Hall–Kier alpha value is -2.80. The number of fused-ring (bicyclic) bond motifs is 1. The van der Waals surface area contributed by atoms with Gasteiger partial charge in [-0.05, 0) is 73.1 Å². The van der Waals surface area contributed by atoms with E-state index in [1.807, 2.05) is 18.2 Å². The third-order valence-electron chi connectivity index (χ3n) is 6.61. The number of nitrogens with zero attached hydrogens (tertiary/aromatic N) is 1. The van der Waals surface area contributed by atoms with Crippen molar-refractivity contribution in [1.29, 1.82) is 0 Å². The molecule has 33 heavy (non-hydrogen) atoms. The van der Waals surface area contributed by atoms with Crippen LogP contribution in [0.5, 0.6) is 5.75 Å². The van der Waals surface area contributed by atoms with Crippen LogP contribution in [0, 0.1) is 5.92 Å². The number of benzene rings is 2. The summed E-state index contributed by atoms with van der Waals surface area (Å²) < 4.78 is 45.2. The van der Waals surface area contributed by atoms with Gasteiger partial charge in [0.2, 0.25) is 0 Å². The van der Waals surface area contributed by atoms with E-state index in [0.717, 1.165) is 31.2 Å². The highest BCUT2D eigenvalue weighted by Gasteiger charge is 2.34. The van der Waals surface area contributed by atoms with E-state index < -0.39 is 17.7 Å². The molecule has 0 radical (unpaired) electrons. The van der Waals surface area contributed by atoms with Crippen molar-refractivity contribution in [3.63, 3.8) is 0 Å². The summed E-state index contributed by atoms with van der Waals surface area (Å²) in [5, 5.41) is 9.05. The van der Waals surface area contributed by atoms with Crippen molar-refractivity contribution in [3.05, 3.63) is 70.3 Å². The summed E-state index contributed by atoms with van der Waals surface area (Å²) in [7, 11) is 0. The highest BCUT2D eigenvalue weighted by molar-refractivity contribution is 5.73. The Labute approximate surface area is 191 Å². The van der Waals surface area contributed by atoms with Crippen molar-refractivity contribution in [3.8, 4) is 5.75 Å². The van der Waals surface area contributed by atoms with Gasteiger partial charge in [-0.25, -0.2) is 0 Å². The van der Waals surface area contributed by atoms with Crippen LogP contribution in [0.2, 0.25) is 0 Å². The van der Waals surface area contributed by atoms with E-state index in [1.54, 1.807) is 6.07 Å². The van der Waals surface area contributed by atoms with Gasteiger partial charge in [-0.2, -0.15) is 13.2 Å². The van der Waals surface area contributed by atoms with Gasteiger partial charge in [-0.3, -0.25) is 9.69 Å². The quantitative estimate of drug-likeness (QED) is 0.533. The minimum Gasteiger partial charge on any atom is -0.494 e. The molecule has 1 N–H and O–H groups in total. The van der Waals surface area contributed by atoms with Crippen LogP contribution in [0.4, 0.5) is 13.2 Å². The molecule has 0 amide bonds. The summed E-state index contributed by atoms with van der Waals surface area (Å²) >= 11 is 0. The summed E-state index contributed by atoms with van der Waals surface area (Å²) in [4.78, 5) is 13.2. The lowest BCUT2D eigenvalue weighted by Gasteiger charge is -2.38. The second-order valence-electron chi connectivity index (χ2n) is 8.88. The van der Waals surface area contributed by atoms with Crippen LogP contribution in [0.1, 0.15) is 42.0 Å². The zero-order chi connectivity index (χ0) is 23.6. The molecule has 2 aliphatic rings. The van der Waals surface area contributed by atoms with E-state index in [0.29, 0.717) is 38.1 Å². The van der Waals surface area contributed by atoms with E-state index in [-0.39, 0.29) is 5.92 Å². The molecule has 1 saturated heterocycles. The Kier molecular flexibility index (Phi) is 6.79. The molecule has 0 unspecified atom stereocenters. The van der Waals surface area contributed by atoms with E-state index in [2.05, 4.69) is 11.8 Å². The molecule has 176 valence electrons. The zero-order valence-electron chi connectivity index (χ0n) is 18.6. The first-order valence-electron chi connectivity index (χ1n) is 11.3. The number of alkyl halides is 3. The first-order valence-corrected chi connectivity index (χ1v) is 11.3. The summed E-state index contributed by atoms with van der Waals surface area (Å²) in [6.07, 6.45) is -1.70. The Balaban J connectivity index is 1.32. The van der Waals surface area contributed by atoms with E-state index in [9.17, 15) is 18.0 Å². The fraction of sp³-hybridized carbons (Fsp3) is 0.423. The van der Waals surface area contributed by atoms with E-state index in [1.165, 1.54) is 34.4 Å². The number of ether oxygens (including phenoxy) is 1. The number of halogens is 3. The lowest BCUT2D eigenvalue weighted by atomic mass is 9.85. The zero-order valence-corrected chi connectivity index (χ0v) is 18.6. The van der Waals surface area contributed by atoms with Gasteiger partial charge >= 0.3 is 12.1 Å². The van der Waals surface area contributed by atoms with Gasteiger partial charge in [0.05, 0.1) is 18.1 Å². The van der Waals surface area contributed by atoms with Crippen molar-refractivity contribution >= 4 is 11.5 Å². The largest absolute Gasteiger partial charge is 0.494 e. The molecule has 1 aliphatic carbocycles. The molecule has 0 spiro atoms. The van der Waals surface area contributed by atoms with Crippen LogP contribution in [0.25, 0.3) is 5.57 Å². The molecule has 0 aromatic heterocycles. The standard InChI is InChI=1S/C26H28F3NO3/c1-17-20(14-30-15-21(16-30)25(31)32)9-8-19-13-22(10-11-23(17)19)33-12-4-6-18-5-2-3-7-24(18)26(27,28)29/h2-3,5,7,10-11,13,21H,4,6,8-9,12,14-16H2,1H3,(H,31,32). The van der Waals surface area contributed by atoms with Crippen molar-refractivity contribution in [2.75, 3.05) is 26.2 Å². The number of hydrogen-bond acceptors (Lipinski definition) is 3. The number of allylic oxidation sites excluding steroid dienone is 1. The van der Waals surface area contributed by atoms with Gasteiger partial charge < -0.3 is 9.84 Å². The predicted molar refractivity (Wildman–Crippen MR) is 120 cm³/mol. The monoisotopic (exact) mass is 459 g/mol. The number of aryl methyl sites for hydroxylation is 2. The molecular weight excluding hydrogens is 431 g/mol. The van der Waals surface area contributed by atoms with Gasteiger partial charge in [0.15, 0.2) is 0 Å². The van der Waals surface area contributed by atoms with Crippen LogP contribution in [-0.2, 0) is 23.8 Å². The first-order chi connectivity index (χ1) is 15.7. The molecule has 1 heterocycles. The number of aliphatic carboxylic acids is 1. The fourth-order valence-corrected chi connectivity index (χ4v) is 4.69. The van der Waals surface area contributed by atoms with Crippen molar-refractivity contribution in [2.45, 2.75) is 38.8 Å². The molecule has 2 aromatic carbocycles.